The van der Waals surface area contributed by atoms with Crippen molar-refractivity contribution in [2.24, 2.45) is 12.0 Å². The summed E-state index contributed by atoms with van der Waals surface area (Å²) in [5, 5.41) is 11.9. The van der Waals surface area contributed by atoms with Crippen LogP contribution in [0, 0.1) is 6.92 Å². The van der Waals surface area contributed by atoms with Crippen molar-refractivity contribution < 1.29 is 0 Å². The highest BCUT2D eigenvalue weighted by molar-refractivity contribution is 14.0. The summed E-state index contributed by atoms with van der Waals surface area (Å²) in [7, 11) is 1.93. The number of aryl methyl sites for hydroxylation is 2. The first kappa shape index (κ1) is 19.9. The van der Waals surface area contributed by atoms with Crippen molar-refractivity contribution in [1.29, 1.82) is 0 Å². The van der Waals surface area contributed by atoms with Crippen LogP contribution in [0.1, 0.15) is 22.4 Å². The van der Waals surface area contributed by atoms with E-state index in [1.54, 1.807) is 11.3 Å². The van der Waals surface area contributed by atoms with Crippen LogP contribution in [0.3, 0.4) is 0 Å². The molecule has 2 aromatic rings. The maximum absolute atomic E-state index is 4.59. The molecule has 0 radical (unpaired) electrons. The molecule has 0 atom stereocenters. The predicted octanol–water partition coefficient (Wildman–Crippen LogP) is 2.14. The van der Waals surface area contributed by atoms with Gasteiger partial charge >= 0.3 is 0 Å². The number of rotatable bonds is 7. The Balaban J connectivity index is 0.00000264. The highest BCUT2D eigenvalue weighted by Gasteiger charge is 2.01. The molecule has 8 heteroatoms. The van der Waals surface area contributed by atoms with Gasteiger partial charge in [0.2, 0.25) is 0 Å². The van der Waals surface area contributed by atoms with E-state index in [1.807, 2.05) is 30.3 Å². The fourth-order valence-electron chi connectivity index (χ4n) is 2.05. The van der Waals surface area contributed by atoms with E-state index in [2.05, 4.69) is 39.6 Å². The van der Waals surface area contributed by atoms with Crippen LogP contribution < -0.4 is 10.6 Å². The number of aromatic nitrogens is 3. The Labute approximate surface area is 158 Å². The number of aliphatic imine (C=N–C) groups is 1. The van der Waals surface area contributed by atoms with Gasteiger partial charge in [0.25, 0.3) is 0 Å². The Hall–Kier alpha value is -1.16. The smallest absolute Gasteiger partial charge is 0.191 e. The third-order valence-electron chi connectivity index (χ3n) is 3.07. The molecular formula is C15H25IN6S. The van der Waals surface area contributed by atoms with Crippen molar-refractivity contribution in [3.63, 3.8) is 0 Å². The van der Waals surface area contributed by atoms with Crippen molar-refractivity contribution in [1.82, 2.24) is 25.4 Å². The molecule has 0 aliphatic rings. The second-order valence-corrected chi connectivity index (χ2v) is 6.39. The second kappa shape index (κ2) is 10.6. The van der Waals surface area contributed by atoms with E-state index < -0.39 is 0 Å². The van der Waals surface area contributed by atoms with Crippen molar-refractivity contribution in [2.45, 2.75) is 26.7 Å². The van der Waals surface area contributed by atoms with E-state index in [9.17, 15) is 0 Å². The molecule has 0 amide bonds. The van der Waals surface area contributed by atoms with Gasteiger partial charge in [-0.05, 0) is 25.8 Å². The average molecular weight is 448 g/mol. The lowest BCUT2D eigenvalue weighted by atomic mass is 10.2. The number of hydrogen-bond acceptors (Lipinski definition) is 4. The Morgan fingerprint density at radius 2 is 2.13 bits per heavy atom. The molecular weight excluding hydrogens is 423 g/mol. The molecule has 2 aromatic heterocycles. The van der Waals surface area contributed by atoms with Gasteiger partial charge in [-0.15, -0.1) is 35.3 Å². The largest absolute Gasteiger partial charge is 0.357 e. The van der Waals surface area contributed by atoms with Gasteiger partial charge in [0.15, 0.2) is 5.96 Å². The predicted molar refractivity (Wildman–Crippen MR) is 107 cm³/mol. The Morgan fingerprint density at radius 1 is 1.30 bits per heavy atom. The zero-order valence-corrected chi connectivity index (χ0v) is 17.0. The molecule has 0 saturated carbocycles. The van der Waals surface area contributed by atoms with E-state index >= 15 is 0 Å². The zero-order chi connectivity index (χ0) is 15.8. The summed E-state index contributed by atoms with van der Waals surface area (Å²) in [6.45, 7) is 6.59. The van der Waals surface area contributed by atoms with Crippen LogP contribution in [0.2, 0.25) is 0 Å². The van der Waals surface area contributed by atoms with E-state index in [-0.39, 0.29) is 24.0 Å². The lowest BCUT2D eigenvalue weighted by molar-refractivity contribution is 0.765. The highest BCUT2D eigenvalue weighted by Crippen LogP contribution is 2.11. The normalized spacial score (nSPS) is 11.2. The number of nitrogens with zero attached hydrogens (tertiary/aromatic N) is 4. The third kappa shape index (κ3) is 7.30. The summed E-state index contributed by atoms with van der Waals surface area (Å²) in [4.78, 5) is 10.2. The lowest BCUT2D eigenvalue weighted by Gasteiger charge is -2.10. The molecule has 128 valence electrons. The molecule has 0 fully saturated rings. The molecule has 0 aliphatic carbocycles. The number of nitrogens with one attached hydrogen (secondary N) is 2. The van der Waals surface area contributed by atoms with Crippen molar-refractivity contribution in [3.05, 3.63) is 34.0 Å². The molecule has 0 unspecified atom stereocenters. The van der Waals surface area contributed by atoms with E-state index in [1.165, 1.54) is 10.4 Å². The van der Waals surface area contributed by atoms with Crippen molar-refractivity contribution in [2.75, 3.05) is 19.6 Å². The number of thiazole rings is 1. The summed E-state index contributed by atoms with van der Waals surface area (Å²) >= 11 is 1.74. The number of halogens is 1. The first-order valence-corrected chi connectivity index (χ1v) is 8.40. The number of guanidine groups is 1. The zero-order valence-electron chi connectivity index (χ0n) is 13.9. The fourth-order valence-corrected chi connectivity index (χ4v) is 2.82. The van der Waals surface area contributed by atoms with Gasteiger partial charge in [0, 0.05) is 50.4 Å². The first-order valence-electron chi connectivity index (χ1n) is 7.58. The summed E-state index contributed by atoms with van der Waals surface area (Å²) in [5.74, 6) is 0.861. The molecule has 23 heavy (non-hydrogen) atoms. The summed E-state index contributed by atoms with van der Waals surface area (Å²) in [5.41, 5.74) is 1.23. The minimum atomic E-state index is 0. The summed E-state index contributed by atoms with van der Waals surface area (Å²) < 4.78 is 1.82. The molecule has 0 saturated heterocycles. The lowest BCUT2D eigenvalue weighted by Crippen LogP contribution is -2.38. The Morgan fingerprint density at radius 3 is 2.74 bits per heavy atom. The van der Waals surface area contributed by atoms with Gasteiger partial charge < -0.3 is 10.6 Å². The van der Waals surface area contributed by atoms with Crippen LogP contribution in [-0.4, -0.2) is 40.4 Å². The van der Waals surface area contributed by atoms with Gasteiger partial charge in [0.1, 0.15) is 0 Å². The van der Waals surface area contributed by atoms with Crippen LogP contribution >= 0.6 is 35.3 Å². The minimum absolute atomic E-state index is 0. The van der Waals surface area contributed by atoms with Gasteiger partial charge in [-0.25, -0.2) is 4.98 Å². The topological polar surface area (TPSA) is 67.1 Å². The maximum atomic E-state index is 4.59. The molecule has 2 heterocycles. The molecule has 0 spiro atoms. The van der Waals surface area contributed by atoms with Crippen LogP contribution in [0.25, 0.3) is 0 Å². The van der Waals surface area contributed by atoms with Crippen molar-refractivity contribution >= 4 is 41.3 Å². The Bertz CT molecular complexity index is 607. The van der Waals surface area contributed by atoms with Gasteiger partial charge in [-0.2, -0.15) is 5.10 Å². The van der Waals surface area contributed by atoms with Crippen LogP contribution in [-0.2, 0) is 19.9 Å². The monoisotopic (exact) mass is 448 g/mol. The summed E-state index contributed by atoms with van der Waals surface area (Å²) in [6, 6.07) is 0. The van der Waals surface area contributed by atoms with Gasteiger partial charge in [-0.3, -0.25) is 9.67 Å². The van der Waals surface area contributed by atoms with Gasteiger partial charge in [-0.1, -0.05) is 0 Å². The maximum Gasteiger partial charge on any atom is 0.191 e. The molecule has 0 aliphatic heterocycles. The molecule has 6 nitrogen and oxygen atoms in total. The molecule has 0 aromatic carbocycles. The van der Waals surface area contributed by atoms with Crippen LogP contribution in [0.4, 0.5) is 0 Å². The third-order valence-corrected chi connectivity index (χ3v) is 4.05. The SMILES string of the molecule is CCNC(=NCCc1ncc(C)s1)NCCc1cnn(C)c1.I. The molecule has 2 rings (SSSR count). The van der Waals surface area contributed by atoms with Crippen LogP contribution in [0.15, 0.2) is 23.6 Å². The first-order chi connectivity index (χ1) is 10.7. The fraction of sp³-hybridized carbons (Fsp3) is 0.533. The highest BCUT2D eigenvalue weighted by atomic mass is 127. The quantitative estimate of drug-likeness (QED) is 0.387. The number of hydrogen-bond donors (Lipinski definition) is 2. The summed E-state index contributed by atoms with van der Waals surface area (Å²) in [6.07, 6.45) is 7.68. The van der Waals surface area contributed by atoms with E-state index in [4.69, 9.17) is 0 Å². The van der Waals surface area contributed by atoms with Gasteiger partial charge in [0.05, 0.1) is 11.2 Å². The van der Waals surface area contributed by atoms with Crippen molar-refractivity contribution in [3.8, 4) is 0 Å². The van der Waals surface area contributed by atoms with E-state index in [0.29, 0.717) is 0 Å². The van der Waals surface area contributed by atoms with Crippen LogP contribution in [0.5, 0.6) is 0 Å². The van der Waals surface area contributed by atoms with E-state index in [0.717, 1.165) is 43.4 Å². The standard InChI is InChI=1S/C15H24N6S.HI/c1-4-16-15(17-7-5-13-10-20-21(3)11-13)18-8-6-14-19-9-12(2)22-14;/h9-11H,4-8H2,1-3H3,(H2,16,17,18);1H. The molecule has 2 N–H and O–H groups in total. The second-order valence-electron chi connectivity index (χ2n) is 5.07. The molecule has 0 bridgehead atoms. The minimum Gasteiger partial charge on any atom is -0.357 e. The average Bonchev–Trinajstić information content (AvgIpc) is 3.08. The Kier molecular flexibility index (Phi) is 9.15.